The van der Waals surface area contributed by atoms with Crippen LogP contribution in [0.3, 0.4) is 0 Å². The number of nitrogens with zero attached hydrogens (tertiary/aromatic N) is 1. The van der Waals surface area contributed by atoms with E-state index in [0.717, 1.165) is 4.34 Å². The highest BCUT2D eigenvalue weighted by atomic mass is 32.2. The molecule has 0 saturated heterocycles. The Hall–Kier alpha value is -0.0200. The van der Waals surface area contributed by atoms with Gasteiger partial charge in [-0.25, -0.2) is 4.98 Å². The number of hydrogen-bond donors (Lipinski definition) is 1. The van der Waals surface area contributed by atoms with E-state index in [0.29, 0.717) is 0 Å². The minimum atomic E-state index is 0.845. The van der Waals surface area contributed by atoms with Gasteiger partial charge in [0, 0.05) is 11.1 Å². The van der Waals surface area contributed by atoms with Crippen molar-refractivity contribution in [2.24, 2.45) is 0 Å². The van der Waals surface area contributed by atoms with Crippen LogP contribution in [-0.4, -0.2) is 4.98 Å². The normalized spacial score (nSPS) is 9.43. The summed E-state index contributed by atoms with van der Waals surface area (Å²) in [5.74, 6) is 0. The first-order chi connectivity index (χ1) is 3.29. The van der Waals surface area contributed by atoms with Gasteiger partial charge in [-0.15, -0.1) is 24.0 Å². The summed E-state index contributed by atoms with van der Waals surface area (Å²) in [6.45, 7) is 2.01. The summed E-state index contributed by atoms with van der Waals surface area (Å²) in [4.78, 5) is 5.11. The van der Waals surface area contributed by atoms with Crippen LogP contribution in [0.2, 0.25) is 0 Å². The van der Waals surface area contributed by atoms with Gasteiger partial charge in [-0.1, -0.05) is 0 Å². The molecule has 1 aromatic rings. The molecule has 0 saturated carbocycles. The third kappa shape index (κ3) is 1.17. The molecule has 38 valence electrons. The molecule has 0 fully saturated rings. The lowest BCUT2D eigenvalue weighted by atomic mass is 10.7. The number of hydrogen-bond acceptors (Lipinski definition) is 3. The second-order valence-corrected chi connectivity index (χ2v) is 3.21. The molecule has 1 aromatic heterocycles. The van der Waals surface area contributed by atoms with E-state index in [1.165, 1.54) is 4.88 Å². The minimum absolute atomic E-state index is 0.845. The molecule has 0 aromatic carbocycles. The van der Waals surface area contributed by atoms with Crippen LogP contribution in [-0.2, 0) is 0 Å². The Morgan fingerprint density at radius 1 is 1.86 bits per heavy atom. The first kappa shape index (κ1) is 5.12. The van der Waals surface area contributed by atoms with E-state index in [1.54, 1.807) is 11.3 Å². The summed E-state index contributed by atoms with van der Waals surface area (Å²) in [6.07, 6.45) is 1.81. The van der Waals surface area contributed by atoms with E-state index in [9.17, 15) is 0 Å². The average molecular weight is 131 g/mol. The fraction of sp³-hybridized carbons (Fsp3) is 0.250. The van der Waals surface area contributed by atoms with Gasteiger partial charge in [0.25, 0.3) is 0 Å². The van der Waals surface area contributed by atoms with Crippen LogP contribution in [0.15, 0.2) is 10.5 Å². The van der Waals surface area contributed by atoms with Gasteiger partial charge in [-0.2, -0.15) is 0 Å². The molecule has 0 bridgehead atoms. The van der Waals surface area contributed by atoms with E-state index in [-0.39, 0.29) is 0 Å². The van der Waals surface area contributed by atoms with E-state index in [4.69, 9.17) is 0 Å². The first-order valence-corrected chi connectivity index (χ1v) is 3.17. The molecule has 0 unspecified atom stereocenters. The molecule has 1 heterocycles. The lowest BCUT2D eigenvalue weighted by molar-refractivity contribution is 1.25. The summed E-state index contributed by atoms with van der Waals surface area (Å²) in [5, 5.41) is 0. The molecule has 1 rings (SSSR count). The molecule has 1 nitrogen and oxygen atoms in total. The van der Waals surface area contributed by atoms with E-state index >= 15 is 0 Å². The minimum Gasteiger partial charge on any atom is -0.238 e. The molecular weight excluding hydrogens is 126 g/mol. The average Bonchev–Trinajstić information content (AvgIpc) is 1.87. The van der Waals surface area contributed by atoms with E-state index in [2.05, 4.69) is 17.6 Å². The molecule has 0 aliphatic heterocycles. The summed E-state index contributed by atoms with van der Waals surface area (Å²) in [5.41, 5.74) is 0. The van der Waals surface area contributed by atoms with Crippen molar-refractivity contribution >= 4 is 24.0 Å². The molecule has 0 aliphatic rings. The SMILES string of the molecule is Cc1cnc(S)s1. The van der Waals surface area contributed by atoms with Crippen LogP contribution in [0.5, 0.6) is 0 Å². The fourth-order valence-electron chi connectivity index (χ4n) is 0.343. The molecular formula is C4H5NS2. The zero-order valence-corrected chi connectivity index (χ0v) is 5.59. The Morgan fingerprint density at radius 2 is 2.57 bits per heavy atom. The van der Waals surface area contributed by atoms with Crippen molar-refractivity contribution in [2.75, 3.05) is 0 Å². The van der Waals surface area contributed by atoms with E-state index in [1.807, 2.05) is 13.1 Å². The molecule has 7 heavy (non-hydrogen) atoms. The Balaban J connectivity index is 3.04. The fourth-order valence-corrected chi connectivity index (χ4v) is 1.33. The third-order valence-electron chi connectivity index (χ3n) is 0.609. The number of thiol groups is 1. The first-order valence-electron chi connectivity index (χ1n) is 1.90. The Labute approximate surface area is 51.8 Å². The van der Waals surface area contributed by atoms with Crippen molar-refractivity contribution in [3.63, 3.8) is 0 Å². The summed E-state index contributed by atoms with van der Waals surface area (Å²) >= 11 is 5.61. The second kappa shape index (κ2) is 1.84. The van der Waals surface area contributed by atoms with Crippen molar-refractivity contribution in [3.8, 4) is 0 Å². The third-order valence-corrected chi connectivity index (χ3v) is 1.71. The molecule has 0 N–H and O–H groups in total. The van der Waals surface area contributed by atoms with Gasteiger partial charge in [0.15, 0.2) is 0 Å². The van der Waals surface area contributed by atoms with Gasteiger partial charge in [0.05, 0.1) is 0 Å². The maximum absolute atomic E-state index is 4.01. The van der Waals surface area contributed by atoms with Crippen LogP contribution >= 0.6 is 24.0 Å². The summed E-state index contributed by atoms with van der Waals surface area (Å²) in [7, 11) is 0. The maximum atomic E-state index is 4.01. The van der Waals surface area contributed by atoms with Crippen LogP contribution in [0.1, 0.15) is 4.88 Å². The molecule has 0 spiro atoms. The van der Waals surface area contributed by atoms with Gasteiger partial charge in [-0.3, -0.25) is 0 Å². The number of aromatic nitrogens is 1. The van der Waals surface area contributed by atoms with E-state index < -0.39 is 0 Å². The van der Waals surface area contributed by atoms with Gasteiger partial charge in [0.1, 0.15) is 4.34 Å². The highest BCUT2D eigenvalue weighted by Gasteiger charge is 1.87. The standard InChI is InChI=1S/C4H5NS2/c1-3-2-5-4(6)7-3/h2H,1H3,(H,5,6). The molecule has 0 amide bonds. The molecule has 0 atom stereocenters. The van der Waals surface area contributed by atoms with Crippen molar-refractivity contribution in [2.45, 2.75) is 11.3 Å². The van der Waals surface area contributed by atoms with Gasteiger partial charge >= 0.3 is 0 Å². The Kier molecular flexibility index (Phi) is 1.35. The highest BCUT2D eigenvalue weighted by molar-refractivity contribution is 7.82. The molecule has 0 radical (unpaired) electrons. The van der Waals surface area contributed by atoms with Crippen LogP contribution < -0.4 is 0 Å². The largest absolute Gasteiger partial charge is 0.238 e. The lowest BCUT2D eigenvalue weighted by Crippen LogP contribution is -1.51. The van der Waals surface area contributed by atoms with Crippen LogP contribution in [0.25, 0.3) is 0 Å². The smallest absolute Gasteiger partial charge is 0.146 e. The zero-order valence-electron chi connectivity index (χ0n) is 3.88. The van der Waals surface area contributed by atoms with Crippen molar-refractivity contribution in [3.05, 3.63) is 11.1 Å². The van der Waals surface area contributed by atoms with Gasteiger partial charge in [0.2, 0.25) is 0 Å². The number of aryl methyl sites for hydroxylation is 1. The number of rotatable bonds is 0. The highest BCUT2D eigenvalue weighted by Crippen LogP contribution is 2.13. The van der Waals surface area contributed by atoms with Crippen molar-refractivity contribution in [1.82, 2.24) is 4.98 Å². The van der Waals surface area contributed by atoms with Crippen molar-refractivity contribution < 1.29 is 0 Å². The van der Waals surface area contributed by atoms with Crippen LogP contribution in [0.4, 0.5) is 0 Å². The summed E-state index contributed by atoms with van der Waals surface area (Å²) in [6, 6.07) is 0. The number of thiazole rings is 1. The second-order valence-electron chi connectivity index (χ2n) is 1.25. The topological polar surface area (TPSA) is 12.9 Å². The predicted molar refractivity (Wildman–Crippen MR) is 34.1 cm³/mol. The summed E-state index contributed by atoms with van der Waals surface area (Å²) < 4.78 is 0.845. The molecule has 3 heteroatoms. The van der Waals surface area contributed by atoms with Gasteiger partial charge < -0.3 is 0 Å². The van der Waals surface area contributed by atoms with Crippen molar-refractivity contribution in [1.29, 1.82) is 0 Å². The lowest BCUT2D eigenvalue weighted by Gasteiger charge is -1.67. The quantitative estimate of drug-likeness (QED) is 0.529. The Bertz CT molecular complexity index is 142. The monoisotopic (exact) mass is 131 g/mol. The zero-order chi connectivity index (χ0) is 5.28. The maximum Gasteiger partial charge on any atom is 0.146 e. The Morgan fingerprint density at radius 3 is 2.71 bits per heavy atom. The van der Waals surface area contributed by atoms with Gasteiger partial charge in [-0.05, 0) is 6.92 Å². The van der Waals surface area contributed by atoms with Crippen LogP contribution in [0, 0.1) is 6.92 Å². The molecule has 0 aliphatic carbocycles. The predicted octanol–water partition coefficient (Wildman–Crippen LogP) is 1.74.